The van der Waals surface area contributed by atoms with Gasteiger partial charge in [-0.3, -0.25) is 9.59 Å². The van der Waals surface area contributed by atoms with E-state index < -0.39 is 17.7 Å². The molecule has 0 saturated heterocycles. The van der Waals surface area contributed by atoms with Gasteiger partial charge in [0.2, 0.25) is 5.91 Å². The Morgan fingerprint density at radius 2 is 1.26 bits per heavy atom. The molecule has 0 bridgehead atoms. The number of benzene rings is 2. The SMILES string of the molecule is CC(C)(C)OC(=O)N[C@H](CCC(=O)N[C@H](CCC(=O)O)Cc1ccccc1)Cc1ccccc1. The second-order valence-electron chi connectivity index (χ2n) is 9.46. The molecule has 184 valence electrons. The first-order chi connectivity index (χ1) is 16.1. The summed E-state index contributed by atoms with van der Waals surface area (Å²) < 4.78 is 5.39. The highest BCUT2D eigenvalue weighted by molar-refractivity contribution is 5.76. The number of hydrogen-bond acceptors (Lipinski definition) is 4. The van der Waals surface area contributed by atoms with Crippen molar-refractivity contribution in [3.63, 3.8) is 0 Å². The average molecular weight is 469 g/mol. The van der Waals surface area contributed by atoms with Crippen molar-refractivity contribution in [3.8, 4) is 0 Å². The molecule has 0 aliphatic carbocycles. The molecule has 0 radical (unpaired) electrons. The zero-order chi connectivity index (χ0) is 25.0. The van der Waals surface area contributed by atoms with E-state index in [0.29, 0.717) is 25.7 Å². The van der Waals surface area contributed by atoms with Gasteiger partial charge in [-0.15, -0.1) is 0 Å². The van der Waals surface area contributed by atoms with Crippen molar-refractivity contribution in [2.24, 2.45) is 0 Å². The number of amides is 2. The van der Waals surface area contributed by atoms with Crippen molar-refractivity contribution < 1.29 is 24.2 Å². The van der Waals surface area contributed by atoms with E-state index in [2.05, 4.69) is 10.6 Å². The van der Waals surface area contributed by atoms with Gasteiger partial charge in [0.1, 0.15) is 5.60 Å². The van der Waals surface area contributed by atoms with Crippen molar-refractivity contribution >= 4 is 18.0 Å². The van der Waals surface area contributed by atoms with Crippen LogP contribution in [0.3, 0.4) is 0 Å². The van der Waals surface area contributed by atoms with Crippen LogP contribution in [0.2, 0.25) is 0 Å². The fourth-order valence-electron chi connectivity index (χ4n) is 3.62. The Morgan fingerprint density at radius 3 is 1.74 bits per heavy atom. The molecular formula is C27H36N2O5. The molecule has 0 aliphatic heterocycles. The minimum absolute atomic E-state index is 0.0192. The molecule has 0 saturated carbocycles. The minimum atomic E-state index is -0.892. The standard InChI is InChI=1S/C27H36N2O5/c1-27(2,3)34-26(33)29-23(19-21-12-8-5-9-13-21)14-16-24(30)28-22(15-17-25(31)32)18-20-10-6-4-7-11-20/h4-13,22-23H,14-19H2,1-3H3,(H,28,30)(H,29,33)(H,31,32)/t22-,23-/m1/s1. The van der Waals surface area contributed by atoms with Gasteiger partial charge in [-0.2, -0.15) is 0 Å². The summed E-state index contributed by atoms with van der Waals surface area (Å²) in [7, 11) is 0. The van der Waals surface area contributed by atoms with Crippen LogP contribution in [0.5, 0.6) is 0 Å². The number of ether oxygens (including phenoxy) is 1. The zero-order valence-electron chi connectivity index (χ0n) is 20.3. The van der Waals surface area contributed by atoms with Crippen LogP contribution >= 0.6 is 0 Å². The number of carboxylic acids is 1. The third-order valence-electron chi connectivity index (χ3n) is 5.16. The summed E-state index contributed by atoms with van der Waals surface area (Å²) in [6, 6.07) is 18.9. The van der Waals surface area contributed by atoms with Crippen LogP contribution in [0.1, 0.15) is 57.6 Å². The summed E-state index contributed by atoms with van der Waals surface area (Å²) in [5.74, 6) is -1.06. The average Bonchev–Trinajstić information content (AvgIpc) is 2.76. The summed E-state index contributed by atoms with van der Waals surface area (Å²) in [4.78, 5) is 36.2. The molecule has 0 heterocycles. The lowest BCUT2D eigenvalue weighted by Crippen LogP contribution is -2.42. The molecule has 34 heavy (non-hydrogen) atoms. The van der Waals surface area contributed by atoms with Gasteiger partial charge in [0.05, 0.1) is 0 Å². The molecule has 7 nitrogen and oxygen atoms in total. The smallest absolute Gasteiger partial charge is 0.407 e. The summed E-state index contributed by atoms with van der Waals surface area (Å²) in [5.41, 5.74) is 1.47. The first kappa shape index (κ1) is 26.9. The molecule has 2 aromatic carbocycles. The largest absolute Gasteiger partial charge is 0.481 e. The monoisotopic (exact) mass is 468 g/mol. The van der Waals surface area contributed by atoms with Gasteiger partial charge in [0, 0.05) is 24.9 Å². The summed E-state index contributed by atoms with van der Waals surface area (Å²) >= 11 is 0. The summed E-state index contributed by atoms with van der Waals surface area (Å²) in [6.07, 6.45) is 1.57. The summed E-state index contributed by atoms with van der Waals surface area (Å²) in [5, 5.41) is 15.0. The Kier molecular flexibility index (Phi) is 10.6. The fraction of sp³-hybridized carbons (Fsp3) is 0.444. The molecule has 2 amide bonds. The lowest BCUT2D eigenvalue weighted by Gasteiger charge is -2.24. The Bertz CT molecular complexity index is 910. The topological polar surface area (TPSA) is 105 Å². The van der Waals surface area contributed by atoms with Crippen LogP contribution in [-0.4, -0.2) is 40.8 Å². The van der Waals surface area contributed by atoms with Crippen LogP contribution in [-0.2, 0) is 27.2 Å². The maximum atomic E-state index is 12.8. The summed E-state index contributed by atoms with van der Waals surface area (Å²) in [6.45, 7) is 5.41. The first-order valence-electron chi connectivity index (χ1n) is 11.7. The van der Waals surface area contributed by atoms with Gasteiger partial charge in [-0.05, 0) is 57.6 Å². The van der Waals surface area contributed by atoms with Crippen LogP contribution in [0, 0.1) is 0 Å². The number of alkyl carbamates (subject to hydrolysis) is 1. The molecule has 2 aromatic rings. The Hall–Kier alpha value is -3.35. The second-order valence-corrected chi connectivity index (χ2v) is 9.46. The lowest BCUT2D eigenvalue weighted by atomic mass is 10.00. The highest BCUT2D eigenvalue weighted by Gasteiger charge is 2.21. The van der Waals surface area contributed by atoms with Gasteiger partial charge in [-0.25, -0.2) is 4.79 Å². The van der Waals surface area contributed by atoms with Gasteiger partial charge < -0.3 is 20.5 Å². The quantitative estimate of drug-likeness (QED) is 0.426. The van der Waals surface area contributed by atoms with Crippen molar-refractivity contribution in [2.45, 2.75) is 77.0 Å². The van der Waals surface area contributed by atoms with E-state index >= 15 is 0 Å². The molecule has 7 heteroatoms. The number of rotatable bonds is 12. The number of hydrogen-bond donors (Lipinski definition) is 3. The zero-order valence-corrected chi connectivity index (χ0v) is 20.3. The molecule has 0 aromatic heterocycles. The second kappa shape index (κ2) is 13.4. The van der Waals surface area contributed by atoms with Gasteiger partial charge in [-0.1, -0.05) is 60.7 Å². The number of nitrogens with one attached hydrogen (secondary N) is 2. The number of carbonyl (C=O) groups is 3. The maximum Gasteiger partial charge on any atom is 0.407 e. The Morgan fingerprint density at radius 1 is 0.794 bits per heavy atom. The van der Waals surface area contributed by atoms with Crippen molar-refractivity contribution in [1.29, 1.82) is 0 Å². The van der Waals surface area contributed by atoms with E-state index in [1.165, 1.54) is 0 Å². The van der Waals surface area contributed by atoms with Gasteiger partial charge in [0.25, 0.3) is 0 Å². The molecular weight excluding hydrogens is 432 g/mol. The van der Waals surface area contributed by atoms with Crippen LogP contribution < -0.4 is 10.6 Å². The lowest BCUT2D eigenvalue weighted by molar-refractivity contribution is -0.137. The van der Waals surface area contributed by atoms with Gasteiger partial charge in [0.15, 0.2) is 0 Å². The van der Waals surface area contributed by atoms with Crippen LogP contribution in [0.25, 0.3) is 0 Å². The van der Waals surface area contributed by atoms with E-state index in [-0.39, 0.29) is 30.8 Å². The normalized spacial score (nSPS) is 12.9. The number of carbonyl (C=O) groups excluding carboxylic acids is 2. The Labute approximate surface area is 201 Å². The predicted octanol–water partition coefficient (Wildman–Crippen LogP) is 4.49. The molecule has 0 fully saturated rings. The van der Waals surface area contributed by atoms with Gasteiger partial charge >= 0.3 is 12.1 Å². The number of aliphatic carboxylic acids is 1. The molecule has 0 aliphatic rings. The minimum Gasteiger partial charge on any atom is -0.481 e. The third kappa shape index (κ3) is 11.5. The maximum absolute atomic E-state index is 12.8. The molecule has 0 spiro atoms. The molecule has 2 atom stereocenters. The molecule has 2 rings (SSSR count). The van der Waals surface area contributed by atoms with E-state index in [0.717, 1.165) is 11.1 Å². The highest BCUT2D eigenvalue weighted by Crippen LogP contribution is 2.13. The Balaban J connectivity index is 1.98. The van der Waals surface area contributed by atoms with Crippen molar-refractivity contribution in [3.05, 3.63) is 71.8 Å². The third-order valence-corrected chi connectivity index (χ3v) is 5.16. The molecule has 3 N–H and O–H groups in total. The van der Waals surface area contributed by atoms with E-state index in [9.17, 15) is 14.4 Å². The van der Waals surface area contributed by atoms with Crippen LogP contribution in [0.15, 0.2) is 60.7 Å². The predicted molar refractivity (Wildman–Crippen MR) is 131 cm³/mol. The fourth-order valence-corrected chi connectivity index (χ4v) is 3.62. The van der Waals surface area contributed by atoms with Crippen molar-refractivity contribution in [1.82, 2.24) is 10.6 Å². The van der Waals surface area contributed by atoms with E-state index in [4.69, 9.17) is 9.84 Å². The highest BCUT2D eigenvalue weighted by atomic mass is 16.6. The molecule has 0 unspecified atom stereocenters. The first-order valence-corrected chi connectivity index (χ1v) is 11.7. The van der Waals surface area contributed by atoms with E-state index in [1.807, 2.05) is 60.7 Å². The van der Waals surface area contributed by atoms with E-state index in [1.54, 1.807) is 20.8 Å². The number of carboxylic acid groups (broad SMARTS) is 1. The van der Waals surface area contributed by atoms with Crippen LogP contribution in [0.4, 0.5) is 4.79 Å². The van der Waals surface area contributed by atoms with Crippen molar-refractivity contribution in [2.75, 3.05) is 0 Å².